The topological polar surface area (TPSA) is 57.6 Å². The predicted molar refractivity (Wildman–Crippen MR) is 70.4 cm³/mol. The van der Waals surface area contributed by atoms with Gasteiger partial charge >= 0.3 is 5.97 Å². The molecule has 3 rings (SSSR count). The first-order chi connectivity index (χ1) is 9.15. The van der Waals surface area contributed by atoms with Crippen LogP contribution < -0.4 is 0 Å². The lowest BCUT2D eigenvalue weighted by Gasteiger charge is -2.18. The van der Waals surface area contributed by atoms with Crippen LogP contribution in [0, 0.1) is 23.7 Å². The highest BCUT2D eigenvalue weighted by atomic mass is 16.4. The van der Waals surface area contributed by atoms with Crippen molar-refractivity contribution in [2.75, 3.05) is 13.1 Å². The Kier molecular flexibility index (Phi) is 3.33. The standard InChI is InChI=1S/C15H21NO3/c17-14(7-10-3-1-2-4-10)16-8-12(11-5-6-11)13(9-16)15(18)19/h1,3,10-13H,2,4-9H2,(H,18,19)/t10?,12-,13+/m1/s1. The van der Waals surface area contributed by atoms with E-state index in [0.717, 1.165) is 25.7 Å². The first kappa shape index (κ1) is 12.7. The van der Waals surface area contributed by atoms with E-state index in [0.29, 0.717) is 31.3 Å². The van der Waals surface area contributed by atoms with Crippen LogP contribution >= 0.6 is 0 Å². The van der Waals surface area contributed by atoms with E-state index in [-0.39, 0.29) is 17.7 Å². The molecular weight excluding hydrogens is 242 g/mol. The molecule has 1 aliphatic heterocycles. The van der Waals surface area contributed by atoms with Crippen LogP contribution in [0.3, 0.4) is 0 Å². The van der Waals surface area contributed by atoms with E-state index in [1.165, 1.54) is 0 Å². The number of allylic oxidation sites excluding steroid dienone is 2. The predicted octanol–water partition coefficient (Wildman–Crippen LogP) is 1.91. The molecule has 104 valence electrons. The fourth-order valence-electron chi connectivity index (χ4n) is 3.51. The van der Waals surface area contributed by atoms with Crippen molar-refractivity contribution in [1.82, 2.24) is 4.90 Å². The van der Waals surface area contributed by atoms with Crippen molar-refractivity contribution in [1.29, 1.82) is 0 Å². The zero-order valence-electron chi connectivity index (χ0n) is 11.1. The lowest BCUT2D eigenvalue weighted by molar-refractivity contribution is -0.142. The lowest BCUT2D eigenvalue weighted by atomic mass is 9.92. The molecule has 4 heteroatoms. The van der Waals surface area contributed by atoms with E-state index in [2.05, 4.69) is 12.2 Å². The molecule has 1 N–H and O–H groups in total. The molecule has 1 saturated carbocycles. The van der Waals surface area contributed by atoms with Gasteiger partial charge in [-0.05, 0) is 43.4 Å². The molecule has 0 spiro atoms. The van der Waals surface area contributed by atoms with Crippen LogP contribution in [0.15, 0.2) is 12.2 Å². The van der Waals surface area contributed by atoms with Crippen LogP contribution in [0.25, 0.3) is 0 Å². The van der Waals surface area contributed by atoms with E-state index in [4.69, 9.17) is 0 Å². The molecule has 0 aromatic carbocycles. The van der Waals surface area contributed by atoms with Gasteiger partial charge in [-0.25, -0.2) is 0 Å². The summed E-state index contributed by atoms with van der Waals surface area (Å²) in [5.74, 6) is 0.191. The van der Waals surface area contributed by atoms with Gasteiger partial charge in [-0.1, -0.05) is 12.2 Å². The molecule has 3 atom stereocenters. The summed E-state index contributed by atoms with van der Waals surface area (Å²) >= 11 is 0. The van der Waals surface area contributed by atoms with Crippen molar-refractivity contribution in [2.24, 2.45) is 23.7 Å². The number of carbonyl (C=O) groups excluding carboxylic acids is 1. The molecule has 3 aliphatic rings. The summed E-state index contributed by atoms with van der Waals surface area (Å²) in [6, 6.07) is 0. The molecule has 1 heterocycles. The SMILES string of the molecule is O=C(O)[C@H]1CN(C(=O)CC2C=CCC2)C[C@@H]1C1CC1. The van der Waals surface area contributed by atoms with Gasteiger partial charge in [-0.15, -0.1) is 0 Å². The first-order valence-corrected chi connectivity index (χ1v) is 7.32. The molecule has 1 amide bonds. The van der Waals surface area contributed by atoms with Gasteiger partial charge in [0.15, 0.2) is 0 Å². The van der Waals surface area contributed by atoms with Gasteiger partial charge in [0.1, 0.15) is 0 Å². The number of carbonyl (C=O) groups is 2. The van der Waals surface area contributed by atoms with E-state index in [1.54, 1.807) is 4.90 Å². The largest absolute Gasteiger partial charge is 0.481 e. The molecule has 2 aliphatic carbocycles. The number of nitrogens with zero attached hydrogens (tertiary/aromatic N) is 1. The molecular formula is C15H21NO3. The molecule has 0 aromatic heterocycles. The minimum Gasteiger partial charge on any atom is -0.481 e. The van der Waals surface area contributed by atoms with Gasteiger partial charge in [-0.2, -0.15) is 0 Å². The van der Waals surface area contributed by atoms with Gasteiger partial charge in [-0.3, -0.25) is 9.59 Å². The van der Waals surface area contributed by atoms with Crippen LogP contribution in [0.1, 0.15) is 32.1 Å². The Morgan fingerprint density at radius 3 is 2.58 bits per heavy atom. The zero-order valence-corrected chi connectivity index (χ0v) is 11.1. The summed E-state index contributed by atoms with van der Waals surface area (Å²) in [4.78, 5) is 25.4. The molecule has 1 unspecified atom stereocenters. The number of likely N-dealkylation sites (tertiary alicyclic amines) is 1. The fourth-order valence-corrected chi connectivity index (χ4v) is 3.51. The van der Waals surface area contributed by atoms with E-state index in [9.17, 15) is 14.7 Å². The summed E-state index contributed by atoms with van der Waals surface area (Å²) in [6.45, 7) is 1.09. The molecule has 2 fully saturated rings. The molecule has 0 aromatic rings. The highest BCUT2D eigenvalue weighted by Gasteiger charge is 2.46. The maximum Gasteiger partial charge on any atom is 0.308 e. The average molecular weight is 263 g/mol. The summed E-state index contributed by atoms with van der Waals surface area (Å²) in [5.41, 5.74) is 0. The second-order valence-corrected chi connectivity index (χ2v) is 6.21. The van der Waals surface area contributed by atoms with Gasteiger partial charge in [0.2, 0.25) is 5.91 Å². The Bertz CT molecular complexity index is 414. The van der Waals surface area contributed by atoms with E-state index >= 15 is 0 Å². The van der Waals surface area contributed by atoms with Crippen molar-refractivity contribution in [2.45, 2.75) is 32.1 Å². The molecule has 1 saturated heterocycles. The first-order valence-electron chi connectivity index (χ1n) is 7.32. The van der Waals surface area contributed by atoms with Crippen molar-refractivity contribution >= 4 is 11.9 Å². The van der Waals surface area contributed by atoms with E-state index in [1.807, 2.05) is 0 Å². The number of hydrogen-bond acceptors (Lipinski definition) is 2. The van der Waals surface area contributed by atoms with Crippen LogP contribution in [0.2, 0.25) is 0 Å². The third-order valence-corrected chi connectivity index (χ3v) is 4.81. The maximum absolute atomic E-state index is 12.3. The van der Waals surface area contributed by atoms with Crippen molar-refractivity contribution in [3.8, 4) is 0 Å². The Morgan fingerprint density at radius 2 is 2.00 bits per heavy atom. The zero-order chi connectivity index (χ0) is 13.4. The number of hydrogen-bond donors (Lipinski definition) is 1. The number of rotatable bonds is 4. The van der Waals surface area contributed by atoms with E-state index < -0.39 is 5.97 Å². The molecule has 4 nitrogen and oxygen atoms in total. The summed E-state index contributed by atoms with van der Waals surface area (Å²) in [7, 11) is 0. The van der Waals surface area contributed by atoms with Crippen LogP contribution in [-0.4, -0.2) is 35.0 Å². The highest BCUT2D eigenvalue weighted by molar-refractivity contribution is 5.79. The molecule has 0 bridgehead atoms. The number of carboxylic acid groups (broad SMARTS) is 1. The quantitative estimate of drug-likeness (QED) is 0.788. The highest BCUT2D eigenvalue weighted by Crippen LogP contribution is 2.44. The minimum absolute atomic E-state index is 0.144. The summed E-state index contributed by atoms with van der Waals surface area (Å²) < 4.78 is 0. The summed E-state index contributed by atoms with van der Waals surface area (Å²) in [6.07, 6.45) is 9.23. The smallest absolute Gasteiger partial charge is 0.308 e. The molecule has 19 heavy (non-hydrogen) atoms. The van der Waals surface area contributed by atoms with Crippen molar-refractivity contribution in [3.63, 3.8) is 0 Å². The Labute approximate surface area is 113 Å². The number of carboxylic acids is 1. The third-order valence-electron chi connectivity index (χ3n) is 4.81. The van der Waals surface area contributed by atoms with Gasteiger partial charge in [0.05, 0.1) is 5.92 Å². The summed E-state index contributed by atoms with van der Waals surface area (Å²) in [5, 5.41) is 9.29. The van der Waals surface area contributed by atoms with Gasteiger partial charge in [0.25, 0.3) is 0 Å². The van der Waals surface area contributed by atoms with Gasteiger partial charge < -0.3 is 10.0 Å². The normalized spacial score (nSPS) is 33.9. The Hall–Kier alpha value is -1.32. The third kappa shape index (κ3) is 2.67. The minimum atomic E-state index is -0.729. The Morgan fingerprint density at radius 1 is 1.21 bits per heavy atom. The molecule has 0 radical (unpaired) electrons. The fraction of sp³-hybridized carbons (Fsp3) is 0.733. The van der Waals surface area contributed by atoms with Crippen LogP contribution in [0.4, 0.5) is 0 Å². The lowest BCUT2D eigenvalue weighted by Crippen LogP contribution is -2.30. The second kappa shape index (κ2) is 4.99. The Balaban J connectivity index is 1.60. The maximum atomic E-state index is 12.3. The van der Waals surface area contributed by atoms with Crippen LogP contribution in [0.5, 0.6) is 0 Å². The van der Waals surface area contributed by atoms with Gasteiger partial charge in [0, 0.05) is 19.5 Å². The number of amides is 1. The van der Waals surface area contributed by atoms with Crippen LogP contribution in [-0.2, 0) is 9.59 Å². The average Bonchev–Trinajstić information content (AvgIpc) is 2.92. The second-order valence-electron chi connectivity index (χ2n) is 6.21. The number of aliphatic carboxylic acids is 1. The van der Waals surface area contributed by atoms with Crippen molar-refractivity contribution in [3.05, 3.63) is 12.2 Å². The van der Waals surface area contributed by atoms with Crippen molar-refractivity contribution < 1.29 is 14.7 Å². The monoisotopic (exact) mass is 263 g/mol.